The standard InChI is InChI=1S/C16H19NS/c1-3-12-4-6-13(7-5-12)15-10-14-8-9-17-11(2)16(14)18-15/h4-7,10-11,17H,3,8-9H2,1-2H3. The maximum Gasteiger partial charge on any atom is 0.0389 e. The lowest BCUT2D eigenvalue weighted by Gasteiger charge is -2.19. The van der Waals surface area contributed by atoms with Crippen LogP contribution >= 0.6 is 11.3 Å². The number of fused-ring (bicyclic) bond motifs is 1. The van der Waals surface area contributed by atoms with E-state index in [9.17, 15) is 0 Å². The summed E-state index contributed by atoms with van der Waals surface area (Å²) in [5.74, 6) is 0. The molecule has 2 aromatic rings. The Morgan fingerprint density at radius 3 is 2.72 bits per heavy atom. The zero-order valence-corrected chi connectivity index (χ0v) is 11.8. The molecule has 0 aliphatic carbocycles. The summed E-state index contributed by atoms with van der Waals surface area (Å²) in [6, 6.07) is 11.9. The first-order valence-corrected chi connectivity index (χ1v) is 7.55. The molecule has 1 aliphatic rings. The van der Waals surface area contributed by atoms with E-state index in [2.05, 4.69) is 49.5 Å². The number of hydrogen-bond donors (Lipinski definition) is 1. The molecular formula is C16H19NS. The molecule has 1 atom stereocenters. The van der Waals surface area contributed by atoms with Crippen molar-refractivity contribution in [2.24, 2.45) is 0 Å². The Labute approximate surface area is 113 Å². The van der Waals surface area contributed by atoms with Gasteiger partial charge in [0.15, 0.2) is 0 Å². The predicted octanol–water partition coefficient (Wildman–Crippen LogP) is 4.18. The summed E-state index contributed by atoms with van der Waals surface area (Å²) in [7, 11) is 0. The van der Waals surface area contributed by atoms with Gasteiger partial charge in [0.05, 0.1) is 0 Å². The zero-order chi connectivity index (χ0) is 12.5. The fourth-order valence-corrected chi connectivity index (χ4v) is 3.81. The Kier molecular flexibility index (Phi) is 3.23. The fourth-order valence-electron chi connectivity index (χ4n) is 2.57. The van der Waals surface area contributed by atoms with Crippen LogP contribution in [-0.4, -0.2) is 6.54 Å². The van der Waals surface area contributed by atoms with Crippen molar-refractivity contribution >= 4 is 11.3 Å². The minimum atomic E-state index is 0.516. The van der Waals surface area contributed by atoms with Crippen LogP contribution in [0.25, 0.3) is 10.4 Å². The molecule has 0 radical (unpaired) electrons. The van der Waals surface area contributed by atoms with Crippen molar-refractivity contribution in [1.82, 2.24) is 5.32 Å². The lowest BCUT2D eigenvalue weighted by Crippen LogP contribution is -2.26. The zero-order valence-electron chi connectivity index (χ0n) is 11.0. The third-order valence-electron chi connectivity index (χ3n) is 3.73. The number of benzene rings is 1. The third-order valence-corrected chi connectivity index (χ3v) is 5.14. The molecule has 18 heavy (non-hydrogen) atoms. The van der Waals surface area contributed by atoms with Crippen LogP contribution in [0.1, 0.15) is 35.9 Å². The monoisotopic (exact) mass is 257 g/mol. The molecule has 0 saturated carbocycles. The smallest absolute Gasteiger partial charge is 0.0389 e. The molecular weight excluding hydrogens is 238 g/mol. The molecule has 1 unspecified atom stereocenters. The van der Waals surface area contributed by atoms with E-state index in [1.807, 2.05) is 11.3 Å². The second-order valence-electron chi connectivity index (χ2n) is 4.98. The minimum Gasteiger partial charge on any atom is -0.309 e. The van der Waals surface area contributed by atoms with E-state index >= 15 is 0 Å². The Bertz CT molecular complexity index is 539. The minimum absolute atomic E-state index is 0.516. The summed E-state index contributed by atoms with van der Waals surface area (Å²) >= 11 is 1.95. The highest BCUT2D eigenvalue weighted by molar-refractivity contribution is 7.15. The van der Waals surface area contributed by atoms with E-state index in [-0.39, 0.29) is 0 Å². The van der Waals surface area contributed by atoms with Gasteiger partial charge < -0.3 is 5.32 Å². The molecule has 0 fully saturated rings. The van der Waals surface area contributed by atoms with E-state index < -0.39 is 0 Å². The number of thiophene rings is 1. The van der Waals surface area contributed by atoms with Gasteiger partial charge in [-0.25, -0.2) is 0 Å². The first-order valence-electron chi connectivity index (χ1n) is 6.73. The van der Waals surface area contributed by atoms with Crippen LogP contribution < -0.4 is 5.32 Å². The predicted molar refractivity (Wildman–Crippen MR) is 79.3 cm³/mol. The second-order valence-corrected chi connectivity index (χ2v) is 6.06. The fraction of sp³-hybridized carbons (Fsp3) is 0.375. The van der Waals surface area contributed by atoms with Crippen molar-refractivity contribution in [3.63, 3.8) is 0 Å². The van der Waals surface area contributed by atoms with Crippen LogP contribution in [0.3, 0.4) is 0 Å². The molecule has 1 aromatic carbocycles. The van der Waals surface area contributed by atoms with Crippen LogP contribution in [0.2, 0.25) is 0 Å². The van der Waals surface area contributed by atoms with E-state index in [0.717, 1.165) is 13.0 Å². The number of rotatable bonds is 2. The van der Waals surface area contributed by atoms with Crippen LogP contribution in [0.5, 0.6) is 0 Å². The lowest BCUT2D eigenvalue weighted by atomic mass is 10.0. The maximum atomic E-state index is 3.53. The highest BCUT2D eigenvalue weighted by Crippen LogP contribution is 2.36. The number of aryl methyl sites for hydroxylation is 1. The molecule has 0 spiro atoms. The quantitative estimate of drug-likeness (QED) is 0.851. The average molecular weight is 257 g/mol. The molecule has 2 heteroatoms. The molecule has 0 saturated heterocycles. The SMILES string of the molecule is CCc1ccc(-c2cc3c(s2)C(C)NCC3)cc1. The average Bonchev–Trinajstić information content (AvgIpc) is 2.84. The highest BCUT2D eigenvalue weighted by Gasteiger charge is 2.19. The van der Waals surface area contributed by atoms with Gasteiger partial charge in [0, 0.05) is 15.8 Å². The number of hydrogen-bond acceptors (Lipinski definition) is 2. The molecule has 1 N–H and O–H groups in total. The Hall–Kier alpha value is -1.12. The maximum absolute atomic E-state index is 3.53. The summed E-state index contributed by atoms with van der Waals surface area (Å²) in [5, 5.41) is 3.53. The molecule has 0 amide bonds. The molecule has 0 bridgehead atoms. The van der Waals surface area contributed by atoms with Gasteiger partial charge in [-0.1, -0.05) is 31.2 Å². The van der Waals surface area contributed by atoms with Crippen LogP contribution in [0.15, 0.2) is 30.3 Å². The lowest BCUT2D eigenvalue weighted by molar-refractivity contribution is 0.551. The summed E-state index contributed by atoms with van der Waals surface area (Å²) in [6.07, 6.45) is 2.28. The van der Waals surface area contributed by atoms with Gasteiger partial charge >= 0.3 is 0 Å². The van der Waals surface area contributed by atoms with Gasteiger partial charge in [0.2, 0.25) is 0 Å². The first kappa shape index (κ1) is 11.9. The van der Waals surface area contributed by atoms with Gasteiger partial charge in [0.1, 0.15) is 0 Å². The van der Waals surface area contributed by atoms with Crippen molar-refractivity contribution in [2.45, 2.75) is 32.7 Å². The summed E-state index contributed by atoms with van der Waals surface area (Å²) in [5.41, 5.74) is 4.31. The topological polar surface area (TPSA) is 12.0 Å². The number of nitrogens with one attached hydrogen (secondary N) is 1. The van der Waals surface area contributed by atoms with Crippen LogP contribution in [0.4, 0.5) is 0 Å². The van der Waals surface area contributed by atoms with Crippen molar-refractivity contribution < 1.29 is 0 Å². The van der Waals surface area contributed by atoms with Gasteiger partial charge in [0.25, 0.3) is 0 Å². The summed E-state index contributed by atoms with van der Waals surface area (Å²) < 4.78 is 0. The normalized spacial score (nSPS) is 18.7. The molecule has 2 heterocycles. The van der Waals surface area contributed by atoms with Crippen molar-refractivity contribution in [1.29, 1.82) is 0 Å². The second kappa shape index (κ2) is 4.87. The summed E-state index contributed by atoms with van der Waals surface area (Å²) in [6.45, 7) is 5.57. The van der Waals surface area contributed by atoms with Crippen molar-refractivity contribution in [2.75, 3.05) is 6.54 Å². The molecule has 1 aromatic heterocycles. The van der Waals surface area contributed by atoms with E-state index in [1.165, 1.54) is 27.3 Å². The van der Waals surface area contributed by atoms with E-state index in [0.29, 0.717) is 6.04 Å². The van der Waals surface area contributed by atoms with Gasteiger partial charge in [-0.2, -0.15) is 0 Å². The summed E-state index contributed by atoms with van der Waals surface area (Å²) in [4.78, 5) is 2.94. The van der Waals surface area contributed by atoms with E-state index in [4.69, 9.17) is 0 Å². The van der Waals surface area contributed by atoms with Crippen molar-refractivity contribution in [3.05, 3.63) is 46.3 Å². The van der Waals surface area contributed by atoms with Gasteiger partial charge in [-0.05, 0) is 49.1 Å². The van der Waals surface area contributed by atoms with Crippen LogP contribution in [0, 0.1) is 0 Å². The first-order chi connectivity index (χ1) is 8.78. The Morgan fingerprint density at radius 1 is 1.28 bits per heavy atom. The third kappa shape index (κ3) is 2.11. The molecule has 3 rings (SSSR count). The largest absolute Gasteiger partial charge is 0.309 e. The molecule has 1 aliphatic heterocycles. The van der Waals surface area contributed by atoms with Gasteiger partial charge in [-0.3, -0.25) is 0 Å². The Balaban J connectivity index is 1.96. The van der Waals surface area contributed by atoms with Gasteiger partial charge in [-0.15, -0.1) is 11.3 Å². The van der Waals surface area contributed by atoms with Crippen LogP contribution in [-0.2, 0) is 12.8 Å². The highest BCUT2D eigenvalue weighted by atomic mass is 32.1. The Morgan fingerprint density at radius 2 is 2.06 bits per heavy atom. The van der Waals surface area contributed by atoms with Crippen molar-refractivity contribution in [3.8, 4) is 10.4 Å². The molecule has 1 nitrogen and oxygen atoms in total. The van der Waals surface area contributed by atoms with E-state index in [1.54, 1.807) is 5.56 Å². The molecule has 94 valence electrons.